The number of hydrogen-bond donors (Lipinski definition) is 2. The van der Waals surface area contributed by atoms with Gasteiger partial charge in [-0.1, -0.05) is 33.6 Å². The number of nitrogens with one attached hydrogen (secondary N) is 2. The second kappa shape index (κ2) is 9.39. The van der Waals surface area contributed by atoms with Gasteiger partial charge in [-0.3, -0.25) is 4.99 Å². The Kier molecular flexibility index (Phi) is 7.77. The first kappa shape index (κ1) is 16.5. The van der Waals surface area contributed by atoms with Crippen LogP contribution in [0.2, 0.25) is 0 Å². The number of nitrogens with zero attached hydrogens (tertiary/aromatic N) is 3. The summed E-state index contributed by atoms with van der Waals surface area (Å²) in [4.78, 5) is 8.64. The normalized spacial score (nSPS) is 11.9. The third-order valence-electron chi connectivity index (χ3n) is 3.07. The zero-order chi connectivity index (χ0) is 14.8. The number of guanidine groups is 1. The van der Waals surface area contributed by atoms with Gasteiger partial charge in [0.1, 0.15) is 5.82 Å². The van der Waals surface area contributed by atoms with Crippen molar-refractivity contribution in [3.8, 4) is 0 Å². The van der Waals surface area contributed by atoms with Gasteiger partial charge < -0.3 is 15.2 Å². The van der Waals surface area contributed by atoms with Crippen LogP contribution in [0.3, 0.4) is 0 Å². The molecule has 1 rings (SSSR count). The highest BCUT2D eigenvalue weighted by molar-refractivity contribution is 5.79. The number of unbranched alkanes of at least 4 members (excludes halogenated alkanes) is 2. The Morgan fingerprint density at radius 3 is 2.80 bits per heavy atom. The SMILES string of the molecule is CCCCCNC(=NC)NCc1nccn1CC(C)C. The summed E-state index contributed by atoms with van der Waals surface area (Å²) in [5.74, 6) is 2.52. The van der Waals surface area contributed by atoms with Crippen LogP contribution in [-0.4, -0.2) is 29.1 Å². The second-order valence-electron chi connectivity index (χ2n) is 5.45. The van der Waals surface area contributed by atoms with Crippen LogP contribution in [0.5, 0.6) is 0 Å². The lowest BCUT2D eigenvalue weighted by Gasteiger charge is -2.13. The minimum Gasteiger partial charge on any atom is -0.356 e. The van der Waals surface area contributed by atoms with Gasteiger partial charge in [0.2, 0.25) is 0 Å². The Morgan fingerprint density at radius 2 is 2.15 bits per heavy atom. The quantitative estimate of drug-likeness (QED) is 0.436. The first-order valence-corrected chi connectivity index (χ1v) is 7.61. The summed E-state index contributed by atoms with van der Waals surface area (Å²) in [6.45, 7) is 9.30. The molecular weight excluding hydrogens is 250 g/mol. The monoisotopic (exact) mass is 279 g/mol. The largest absolute Gasteiger partial charge is 0.356 e. The molecule has 0 atom stereocenters. The molecular formula is C15H29N5. The Balaban J connectivity index is 2.39. The average Bonchev–Trinajstić information content (AvgIpc) is 2.84. The molecule has 0 aliphatic carbocycles. The van der Waals surface area contributed by atoms with Crippen molar-refractivity contribution >= 4 is 5.96 Å². The summed E-state index contributed by atoms with van der Waals surface area (Å²) in [6.07, 6.45) is 7.56. The standard InChI is InChI=1S/C15H29N5/c1-5-6-7-8-18-15(16-4)19-11-14-17-9-10-20(14)12-13(2)3/h9-10,13H,5-8,11-12H2,1-4H3,(H2,16,18,19). The molecule has 5 heteroatoms. The van der Waals surface area contributed by atoms with Crippen molar-refractivity contribution in [2.24, 2.45) is 10.9 Å². The topological polar surface area (TPSA) is 54.2 Å². The molecule has 2 N–H and O–H groups in total. The summed E-state index contributed by atoms with van der Waals surface area (Å²) < 4.78 is 2.20. The molecule has 0 saturated heterocycles. The summed E-state index contributed by atoms with van der Waals surface area (Å²) in [6, 6.07) is 0. The van der Waals surface area contributed by atoms with E-state index < -0.39 is 0 Å². The van der Waals surface area contributed by atoms with Crippen LogP contribution in [0.25, 0.3) is 0 Å². The Bertz CT molecular complexity index is 395. The highest BCUT2D eigenvalue weighted by atomic mass is 15.2. The van der Waals surface area contributed by atoms with Gasteiger partial charge in [-0.2, -0.15) is 0 Å². The predicted octanol–water partition coefficient (Wildman–Crippen LogP) is 2.39. The van der Waals surface area contributed by atoms with Crippen LogP contribution in [0.1, 0.15) is 45.9 Å². The third kappa shape index (κ3) is 6.08. The number of aromatic nitrogens is 2. The van der Waals surface area contributed by atoms with Crippen LogP contribution >= 0.6 is 0 Å². The van der Waals surface area contributed by atoms with Gasteiger partial charge in [0.15, 0.2) is 5.96 Å². The van der Waals surface area contributed by atoms with Crippen LogP contribution in [-0.2, 0) is 13.1 Å². The fourth-order valence-electron chi connectivity index (χ4n) is 2.03. The maximum atomic E-state index is 4.40. The Labute approximate surface area is 122 Å². The lowest BCUT2D eigenvalue weighted by Crippen LogP contribution is -2.37. The van der Waals surface area contributed by atoms with Crippen LogP contribution < -0.4 is 10.6 Å². The maximum Gasteiger partial charge on any atom is 0.191 e. The van der Waals surface area contributed by atoms with Crippen molar-refractivity contribution in [3.05, 3.63) is 18.2 Å². The van der Waals surface area contributed by atoms with Crippen molar-refractivity contribution in [2.75, 3.05) is 13.6 Å². The molecule has 0 aromatic carbocycles. The Morgan fingerprint density at radius 1 is 1.35 bits per heavy atom. The van der Waals surface area contributed by atoms with E-state index in [4.69, 9.17) is 0 Å². The van der Waals surface area contributed by atoms with E-state index in [0.29, 0.717) is 12.5 Å². The van der Waals surface area contributed by atoms with E-state index in [1.165, 1.54) is 19.3 Å². The zero-order valence-corrected chi connectivity index (χ0v) is 13.3. The van der Waals surface area contributed by atoms with Gasteiger partial charge >= 0.3 is 0 Å². The Hall–Kier alpha value is -1.52. The van der Waals surface area contributed by atoms with Crippen molar-refractivity contribution in [1.29, 1.82) is 0 Å². The highest BCUT2D eigenvalue weighted by Gasteiger charge is 2.05. The number of aliphatic imine (C=N–C) groups is 1. The average molecular weight is 279 g/mol. The van der Waals surface area contributed by atoms with Gasteiger partial charge in [-0.15, -0.1) is 0 Å². The molecule has 0 aliphatic rings. The molecule has 0 bridgehead atoms. The lowest BCUT2D eigenvalue weighted by molar-refractivity contribution is 0.503. The molecule has 20 heavy (non-hydrogen) atoms. The molecule has 5 nitrogen and oxygen atoms in total. The summed E-state index contributed by atoms with van der Waals surface area (Å²) in [5.41, 5.74) is 0. The smallest absolute Gasteiger partial charge is 0.191 e. The number of rotatable bonds is 8. The van der Waals surface area contributed by atoms with E-state index in [9.17, 15) is 0 Å². The summed E-state index contributed by atoms with van der Waals surface area (Å²) in [7, 11) is 1.80. The molecule has 0 radical (unpaired) electrons. The highest BCUT2D eigenvalue weighted by Crippen LogP contribution is 2.03. The first-order valence-electron chi connectivity index (χ1n) is 7.61. The zero-order valence-electron chi connectivity index (χ0n) is 13.3. The molecule has 0 saturated carbocycles. The van der Waals surface area contributed by atoms with E-state index in [1.54, 1.807) is 7.05 Å². The minimum atomic E-state index is 0.620. The van der Waals surface area contributed by atoms with Gasteiger partial charge in [-0.05, 0) is 12.3 Å². The van der Waals surface area contributed by atoms with Crippen molar-refractivity contribution in [2.45, 2.75) is 53.1 Å². The summed E-state index contributed by atoms with van der Waals surface area (Å²) >= 11 is 0. The number of imidazole rings is 1. The molecule has 0 aliphatic heterocycles. The number of hydrogen-bond acceptors (Lipinski definition) is 2. The molecule has 1 heterocycles. The maximum absolute atomic E-state index is 4.40. The lowest BCUT2D eigenvalue weighted by atomic mass is 10.2. The second-order valence-corrected chi connectivity index (χ2v) is 5.45. The molecule has 1 aromatic heterocycles. The third-order valence-corrected chi connectivity index (χ3v) is 3.07. The molecule has 1 aromatic rings. The molecule has 0 amide bonds. The van der Waals surface area contributed by atoms with Gasteiger partial charge in [0, 0.05) is 32.5 Å². The predicted molar refractivity (Wildman–Crippen MR) is 84.8 cm³/mol. The molecule has 0 fully saturated rings. The van der Waals surface area contributed by atoms with Gasteiger partial charge in [0.05, 0.1) is 6.54 Å². The van der Waals surface area contributed by atoms with Crippen molar-refractivity contribution < 1.29 is 0 Å². The molecule has 114 valence electrons. The van der Waals surface area contributed by atoms with E-state index in [2.05, 4.69) is 45.9 Å². The molecule has 0 spiro atoms. The van der Waals surface area contributed by atoms with Gasteiger partial charge in [0.25, 0.3) is 0 Å². The summed E-state index contributed by atoms with van der Waals surface area (Å²) in [5, 5.41) is 6.65. The first-order chi connectivity index (χ1) is 9.67. The van der Waals surface area contributed by atoms with E-state index in [0.717, 1.165) is 24.9 Å². The molecule has 0 unspecified atom stereocenters. The van der Waals surface area contributed by atoms with E-state index in [1.807, 2.05) is 12.4 Å². The fraction of sp³-hybridized carbons (Fsp3) is 0.733. The van der Waals surface area contributed by atoms with Gasteiger partial charge in [-0.25, -0.2) is 4.98 Å². The van der Waals surface area contributed by atoms with Crippen LogP contribution in [0.15, 0.2) is 17.4 Å². The minimum absolute atomic E-state index is 0.620. The van der Waals surface area contributed by atoms with Crippen LogP contribution in [0.4, 0.5) is 0 Å². The van der Waals surface area contributed by atoms with Crippen molar-refractivity contribution in [3.63, 3.8) is 0 Å². The van der Waals surface area contributed by atoms with E-state index >= 15 is 0 Å². The fourth-order valence-corrected chi connectivity index (χ4v) is 2.03. The van der Waals surface area contributed by atoms with E-state index in [-0.39, 0.29) is 0 Å². The van der Waals surface area contributed by atoms with Crippen LogP contribution in [0, 0.1) is 5.92 Å². The van der Waals surface area contributed by atoms with Crippen molar-refractivity contribution in [1.82, 2.24) is 20.2 Å².